The first-order valence-electron chi connectivity index (χ1n) is 6.24. The van der Waals surface area contributed by atoms with Crippen molar-refractivity contribution >= 4 is 21.6 Å². The predicted octanol–water partition coefficient (Wildman–Crippen LogP) is 3.34. The quantitative estimate of drug-likeness (QED) is 0.900. The fourth-order valence-electron chi connectivity index (χ4n) is 2.33. The summed E-state index contributed by atoms with van der Waals surface area (Å²) >= 11 is 3.55. The van der Waals surface area contributed by atoms with Gasteiger partial charge in [0.15, 0.2) is 0 Å². The van der Waals surface area contributed by atoms with Crippen molar-refractivity contribution in [1.29, 1.82) is 0 Å². The van der Waals surface area contributed by atoms with Crippen LogP contribution in [0.15, 0.2) is 22.7 Å². The summed E-state index contributed by atoms with van der Waals surface area (Å²) in [6, 6.07) is 6.63. The molecule has 3 heteroatoms. The molecule has 94 valence electrons. The topological polar surface area (TPSA) is 15.3 Å². The van der Waals surface area contributed by atoms with Gasteiger partial charge in [0.05, 0.1) is 0 Å². The molecule has 0 radical (unpaired) electrons. The Morgan fingerprint density at radius 1 is 1.29 bits per heavy atom. The largest absolute Gasteiger partial charge is 0.371 e. The molecule has 1 N–H and O–H groups in total. The van der Waals surface area contributed by atoms with Crippen LogP contribution in [0.1, 0.15) is 25.3 Å². The molecule has 1 aliphatic rings. The minimum atomic E-state index is 0.320. The van der Waals surface area contributed by atoms with E-state index in [2.05, 4.69) is 65.2 Å². The van der Waals surface area contributed by atoms with Crippen molar-refractivity contribution in [1.82, 2.24) is 5.32 Å². The van der Waals surface area contributed by atoms with Crippen molar-refractivity contribution in [3.63, 3.8) is 0 Å². The second-order valence-corrected chi connectivity index (χ2v) is 6.09. The van der Waals surface area contributed by atoms with Crippen LogP contribution in [0.2, 0.25) is 0 Å². The van der Waals surface area contributed by atoms with Crippen LogP contribution in [0.3, 0.4) is 0 Å². The minimum absolute atomic E-state index is 0.320. The van der Waals surface area contributed by atoms with Gasteiger partial charge < -0.3 is 10.2 Å². The number of anilines is 1. The Balaban J connectivity index is 2.08. The van der Waals surface area contributed by atoms with E-state index >= 15 is 0 Å². The van der Waals surface area contributed by atoms with Crippen LogP contribution in [0.25, 0.3) is 0 Å². The SMILES string of the molecule is CNC1(C)CCN(c2ccc(Br)c(C)c2)CC1. The number of nitrogens with one attached hydrogen (secondary N) is 1. The lowest BCUT2D eigenvalue weighted by Gasteiger charge is -2.40. The Labute approximate surface area is 113 Å². The first kappa shape index (κ1) is 12.9. The Bertz CT molecular complexity index is 395. The van der Waals surface area contributed by atoms with E-state index in [9.17, 15) is 0 Å². The third-order valence-corrected chi connectivity index (χ3v) is 4.87. The smallest absolute Gasteiger partial charge is 0.0369 e. The summed E-state index contributed by atoms with van der Waals surface area (Å²) in [6.07, 6.45) is 2.41. The van der Waals surface area contributed by atoms with Crippen LogP contribution in [0, 0.1) is 6.92 Å². The first-order chi connectivity index (χ1) is 8.04. The average molecular weight is 297 g/mol. The fourth-order valence-corrected chi connectivity index (χ4v) is 2.58. The van der Waals surface area contributed by atoms with Crippen LogP contribution in [0.4, 0.5) is 5.69 Å². The lowest BCUT2D eigenvalue weighted by molar-refractivity contribution is 0.305. The molecule has 1 fully saturated rings. The third kappa shape index (κ3) is 2.83. The van der Waals surface area contributed by atoms with Crippen molar-refractivity contribution in [2.24, 2.45) is 0 Å². The number of hydrogen-bond acceptors (Lipinski definition) is 2. The summed E-state index contributed by atoms with van der Waals surface area (Å²) in [5.41, 5.74) is 2.98. The van der Waals surface area contributed by atoms with E-state index in [0.29, 0.717) is 5.54 Å². The number of benzene rings is 1. The number of rotatable bonds is 2. The number of aryl methyl sites for hydroxylation is 1. The summed E-state index contributed by atoms with van der Waals surface area (Å²) < 4.78 is 1.19. The van der Waals surface area contributed by atoms with E-state index < -0.39 is 0 Å². The molecule has 0 bridgehead atoms. The van der Waals surface area contributed by atoms with E-state index in [1.54, 1.807) is 0 Å². The lowest BCUT2D eigenvalue weighted by atomic mass is 9.89. The summed E-state index contributed by atoms with van der Waals surface area (Å²) in [5.74, 6) is 0. The molecule has 1 heterocycles. The van der Waals surface area contributed by atoms with Crippen LogP contribution in [-0.4, -0.2) is 25.7 Å². The Hall–Kier alpha value is -0.540. The van der Waals surface area contributed by atoms with Crippen molar-refractivity contribution in [3.8, 4) is 0 Å². The lowest BCUT2D eigenvalue weighted by Crippen LogP contribution is -2.50. The van der Waals surface area contributed by atoms with Gasteiger partial charge in [0, 0.05) is 28.8 Å². The van der Waals surface area contributed by atoms with E-state index in [1.807, 2.05) is 0 Å². The molecule has 2 nitrogen and oxygen atoms in total. The van der Waals surface area contributed by atoms with Gasteiger partial charge in [-0.25, -0.2) is 0 Å². The monoisotopic (exact) mass is 296 g/mol. The van der Waals surface area contributed by atoms with Crippen LogP contribution in [0.5, 0.6) is 0 Å². The molecule has 0 atom stereocenters. The Morgan fingerprint density at radius 3 is 2.47 bits per heavy atom. The standard InChI is InChI=1S/C14H21BrN2/c1-11-10-12(4-5-13(11)15)17-8-6-14(2,16-3)7-9-17/h4-5,10,16H,6-9H2,1-3H3. The molecule has 2 rings (SSSR count). The summed E-state index contributed by atoms with van der Waals surface area (Å²) in [5, 5.41) is 3.44. The third-order valence-electron chi connectivity index (χ3n) is 3.98. The predicted molar refractivity (Wildman–Crippen MR) is 77.8 cm³/mol. The highest BCUT2D eigenvalue weighted by molar-refractivity contribution is 9.10. The van der Waals surface area contributed by atoms with Gasteiger partial charge in [-0.15, -0.1) is 0 Å². The molecule has 0 aromatic heterocycles. The fraction of sp³-hybridized carbons (Fsp3) is 0.571. The maximum Gasteiger partial charge on any atom is 0.0369 e. The second-order valence-electron chi connectivity index (χ2n) is 5.23. The average Bonchev–Trinajstić information content (AvgIpc) is 2.34. The highest BCUT2D eigenvalue weighted by Crippen LogP contribution is 2.28. The molecule has 0 amide bonds. The molecule has 1 aromatic rings. The maximum absolute atomic E-state index is 3.55. The molecule has 17 heavy (non-hydrogen) atoms. The number of piperidine rings is 1. The summed E-state index contributed by atoms with van der Waals surface area (Å²) in [7, 11) is 2.07. The van der Waals surface area contributed by atoms with E-state index in [1.165, 1.54) is 28.6 Å². The van der Waals surface area contributed by atoms with Gasteiger partial charge in [-0.3, -0.25) is 0 Å². The van der Waals surface area contributed by atoms with Crippen molar-refractivity contribution in [3.05, 3.63) is 28.2 Å². The van der Waals surface area contributed by atoms with Gasteiger partial charge >= 0.3 is 0 Å². The van der Waals surface area contributed by atoms with Crippen LogP contribution in [-0.2, 0) is 0 Å². The highest BCUT2D eigenvalue weighted by Gasteiger charge is 2.28. The first-order valence-corrected chi connectivity index (χ1v) is 7.03. The molecule has 0 spiro atoms. The molecule has 1 saturated heterocycles. The second kappa shape index (κ2) is 4.99. The highest BCUT2D eigenvalue weighted by atomic mass is 79.9. The summed E-state index contributed by atoms with van der Waals surface area (Å²) in [4.78, 5) is 2.48. The Morgan fingerprint density at radius 2 is 1.94 bits per heavy atom. The minimum Gasteiger partial charge on any atom is -0.371 e. The van der Waals surface area contributed by atoms with Crippen LogP contribution < -0.4 is 10.2 Å². The van der Waals surface area contributed by atoms with Gasteiger partial charge in [0.2, 0.25) is 0 Å². The van der Waals surface area contributed by atoms with Gasteiger partial charge in [-0.2, -0.15) is 0 Å². The number of halogens is 1. The Kier molecular flexibility index (Phi) is 3.79. The molecule has 1 aromatic carbocycles. The number of nitrogens with zero attached hydrogens (tertiary/aromatic N) is 1. The molecular formula is C14H21BrN2. The van der Waals surface area contributed by atoms with Gasteiger partial charge in [-0.05, 0) is 57.5 Å². The molecule has 0 unspecified atom stereocenters. The van der Waals surface area contributed by atoms with Crippen LogP contribution >= 0.6 is 15.9 Å². The zero-order valence-electron chi connectivity index (χ0n) is 10.9. The van der Waals surface area contributed by atoms with Crippen molar-refractivity contribution < 1.29 is 0 Å². The summed E-state index contributed by atoms with van der Waals surface area (Å²) in [6.45, 7) is 6.74. The zero-order chi connectivity index (χ0) is 12.5. The molecule has 0 saturated carbocycles. The van der Waals surface area contributed by atoms with Gasteiger partial charge in [-0.1, -0.05) is 15.9 Å². The van der Waals surface area contributed by atoms with Gasteiger partial charge in [0.25, 0.3) is 0 Å². The molecular weight excluding hydrogens is 276 g/mol. The van der Waals surface area contributed by atoms with E-state index in [4.69, 9.17) is 0 Å². The van der Waals surface area contributed by atoms with Crippen molar-refractivity contribution in [2.75, 3.05) is 25.0 Å². The van der Waals surface area contributed by atoms with E-state index in [-0.39, 0.29) is 0 Å². The van der Waals surface area contributed by atoms with E-state index in [0.717, 1.165) is 13.1 Å². The molecule has 0 aliphatic carbocycles. The molecule has 1 aliphatic heterocycles. The number of hydrogen-bond donors (Lipinski definition) is 1. The normalized spacial score (nSPS) is 19.4. The zero-order valence-corrected chi connectivity index (χ0v) is 12.5. The maximum atomic E-state index is 3.55. The van der Waals surface area contributed by atoms with Crippen molar-refractivity contribution in [2.45, 2.75) is 32.2 Å². The van der Waals surface area contributed by atoms with Gasteiger partial charge in [0.1, 0.15) is 0 Å².